The first-order valence-corrected chi connectivity index (χ1v) is 8.60. The van der Waals surface area contributed by atoms with Crippen LogP contribution in [0.15, 0.2) is 35.2 Å². The lowest BCUT2D eigenvalue weighted by atomic mass is 9.87. The van der Waals surface area contributed by atoms with Gasteiger partial charge in [-0.1, -0.05) is 24.6 Å². The smallest absolute Gasteiger partial charge is 0.360 e. The van der Waals surface area contributed by atoms with Crippen molar-refractivity contribution in [3.05, 3.63) is 35.9 Å². The maximum absolute atomic E-state index is 12.5. The van der Waals surface area contributed by atoms with Gasteiger partial charge in [0.05, 0.1) is 11.3 Å². The Hall–Kier alpha value is -1.45. The zero-order valence-electron chi connectivity index (χ0n) is 11.3. The number of nitrogens with zero attached hydrogens (tertiary/aromatic N) is 2. The van der Waals surface area contributed by atoms with Crippen molar-refractivity contribution >= 4 is 14.9 Å². The normalized spacial score (nSPS) is 28.3. The van der Waals surface area contributed by atoms with E-state index >= 15 is 0 Å². The van der Waals surface area contributed by atoms with Crippen LogP contribution in [0.1, 0.15) is 32.1 Å². The Morgan fingerprint density at radius 1 is 1.20 bits per heavy atom. The Morgan fingerprint density at radius 3 is 2.50 bits per heavy atom. The molecule has 2 aliphatic carbocycles. The first-order valence-electron chi connectivity index (χ1n) is 7.12. The van der Waals surface area contributed by atoms with E-state index in [1.807, 2.05) is 0 Å². The summed E-state index contributed by atoms with van der Waals surface area (Å²) >= 11 is 0. The lowest BCUT2D eigenvalue weighted by molar-refractivity contribution is -0.00522. The lowest BCUT2D eigenvalue weighted by Gasteiger charge is -2.19. The number of fused-ring (bicyclic) bond motifs is 2. The van der Waals surface area contributed by atoms with E-state index in [-0.39, 0.29) is 9.94 Å². The summed E-state index contributed by atoms with van der Waals surface area (Å²) in [6.45, 7) is 0. The van der Waals surface area contributed by atoms with E-state index in [4.69, 9.17) is 5.53 Å². The molecule has 0 N–H and O–H groups in total. The zero-order chi connectivity index (χ0) is 14.2. The summed E-state index contributed by atoms with van der Waals surface area (Å²) in [4.78, 5) is 3.32. The van der Waals surface area contributed by atoms with Crippen LogP contribution in [-0.2, 0) is 9.84 Å². The highest BCUT2D eigenvalue weighted by atomic mass is 32.2. The monoisotopic (exact) mass is 290 g/mol. The van der Waals surface area contributed by atoms with Crippen molar-refractivity contribution in [1.82, 2.24) is 0 Å². The van der Waals surface area contributed by atoms with Gasteiger partial charge in [0, 0.05) is 0 Å². The molecule has 3 unspecified atom stereocenters. The van der Waals surface area contributed by atoms with E-state index in [2.05, 4.69) is 4.79 Å². The molecule has 0 aliphatic heterocycles. The van der Waals surface area contributed by atoms with Crippen LogP contribution >= 0.6 is 0 Å². The van der Waals surface area contributed by atoms with Crippen molar-refractivity contribution in [2.45, 2.75) is 37.0 Å². The van der Waals surface area contributed by atoms with Crippen LogP contribution in [0.2, 0.25) is 0 Å². The Labute approximate surface area is 119 Å². The summed E-state index contributed by atoms with van der Waals surface area (Å²) in [6.07, 6.45) is 5.13. The third kappa shape index (κ3) is 2.32. The van der Waals surface area contributed by atoms with Gasteiger partial charge in [-0.2, -0.15) is 4.79 Å². The summed E-state index contributed by atoms with van der Waals surface area (Å²) < 4.78 is 24.9. The van der Waals surface area contributed by atoms with Gasteiger partial charge in [0.2, 0.25) is 0 Å². The highest BCUT2D eigenvalue weighted by molar-refractivity contribution is 8.06. The topological polar surface area (TPSA) is 70.5 Å². The van der Waals surface area contributed by atoms with E-state index < -0.39 is 9.84 Å². The largest absolute Gasteiger partial charge is 0.386 e. The molecule has 1 aromatic rings. The maximum atomic E-state index is 12.5. The standard InChI is InChI=1S/C15H18N2O2S/c16-17-15(10-13-9-11-6-7-12(13)8-11)20(18,19)14-4-2-1-3-5-14/h1-5,11-13H,6-10H2. The Balaban J connectivity index is 1.82. The van der Waals surface area contributed by atoms with Gasteiger partial charge in [-0.05, 0) is 49.1 Å². The van der Waals surface area contributed by atoms with Crippen LogP contribution in [0, 0.1) is 17.8 Å². The van der Waals surface area contributed by atoms with Crippen LogP contribution in [0.25, 0.3) is 5.53 Å². The molecule has 106 valence electrons. The van der Waals surface area contributed by atoms with Crippen molar-refractivity contribution in [3.63, 3.8) is 0 Å². The summed E-state index contributed by atoms with van der Waals surface area (Å²) in [7, 11) is -3.66. The van der Waals surface area contributed by atoms with Crippen molar-refractivity contribution < 1.29 is 13.2 Å². The van der Waals surface area contributed by atoms with Crippen LogP contribution in [0.4, 0.5) is 0 Å². The van der Waals surface area contributed by atoms with E-state index in [0.29, 0.717) is 18.3 Å². The number of sulfone groups is 1. The van der Waals surface area contributed by atoms with Crippen molar-refractivity contribution in [2.24, 2.45) is 17.8 Å². The minimum absolute atomic E-state index is 0.0822. The van der Waals surface area contributed by atoms with E-state index in [0.717, 1.165) is 12.3 Å². The predicted octanol–water partition coefficient (Wildman–Crippen LogP) is 2.91. The molecule has 2 bridgehead atoms. The molecule has 0 saturated heterocycles. The number of rotatable bonds is 3. The quantitative estimate of drug-likeness (QED) is 0.371. The SMILES string of the molecule is [N-]=[N+]=C(CC1CC2CCC1C2)S(=O)(=O)c1ccccc1. The molecule has 1 aromatic carbocycles. The van der Waals surface area contributed by atoms with Crippen LogP contribution in [0.5, 0.6) is 0 Å². The highest BCUT2D eigenvalue weighted by Crippen LogP contribution is 2.49. The van der Waals surface area contributed by atoms with Gasteiger partial charge in [-0.25, -0.2) is 8.42 Å². The Bertz CT molecular complexity index is 648. The number of hydrogen-bond acceptors (Lipinski definition) is 2. The van der Waals surface area contributed by atoms with Crippen LogP contribution in [0.3, 0.4) is 0 Å². The molecular formula is C15H18N2O2S. The van der Waals surface area contributed by atoms with Gasteiger partial charge < -0.3 is 5.53 Å². The maximum Gasteiger partial charge on any atom is 0.386 e. The third-order valence-corrected chi connectivity index (χ3v) is 6.56. The fraction of sp³-hybridized carbons (Fsp3) is 0.533. The average molecular weight is 290 g/mol. The van der Waals surface area contributed by atoms with Gasteiger partial charge in [-0.3, -0.25) is 0 Å². The minimum atomic E-state index is -3.66. The number of benzene rings is 1. The Morgan fingerprint density at radius 2 is 1.95 bits per heavy atom. The second-order valence-corrected chi connectivity index (χ2v) is 7.90. The first-order chi connectivity index (χ1) is 9.61. The van der Waals surface area contributed by atoms with Gasteiger partial charge >= 0.3 is 5.04 Å². The number of hydrogen-bond donors (Lipinski definition) is 0. The molecule has 3 atom stereocenters. The average Bonchev–Trinajstić information content (AvgIpc) is 3.08. The molecule has 0 heterocycles. The summed E-state index contributed by atoms with van der Waals surface area (Å²) in [5, 5.41) is -0.0822. The zero-order valence-corrected chi connectivity index (χ0v) is 12.1. The van der Waals surface area contributed by atoms with Gasteiger partial charge in [-0.15, -0.1) is 0 Å². The van der Waals surface area contributed by atoms with Crippen molar-refractivity contribution in [2.75, 3.05) is 0 Å². The fourth-order valence-corrected chi connectivity index (χ4v) is 5.12. The highest BCUT2D eigenvalue weighted by Gasteiger charge is 2.43. The van der Waals surface area contributed by atoms with Gasteiger partial charge in [0.25, 0.3) is 9.84 Å². The molecule has 0 aromatic heterocycles. The predicted molar refractivity (Wildman–Crippen MR) is 75.8 cm³/mol. The molecule has 0 spiro atoms. The van der Waals surface area contributed by atoms with Gasteiger partial charge in [0.1, 0.15) is 0 Å². The molecule has 0 radical (unpaired) electrons. The summed E-state index contributed by atoms with van der Waals surface area (Å²) in [5.41, 5.74) is 9.16. The van der Waals surface area contributed by atoms with E-state index in [1.54, 1.807) is 30.3 Å². The molecule has 2 saturated carbocycles. The molecular weight excluding hydrogens is 272 g/mol. The van der Waals surface area contributed by atoms with E-state index in [9.17, 15) is 8.42 Å². The van der Waals surface area contributed by atoms with E-state index in [1.165, 1.54) is 19.3 Å². The molecule has 5 heteroatoms. The molecule has 3 rings (SSSR count). The lowest BCUT2D eigenvalue weighted by Crippen LogP contribution is -2.22. The molecule has 2 fully saturated rings. The molecule has 2 aliphatic rings. The molecule has 0 amide bonds. The molecule has 20 heavy (non-hydrogen) atoms. The van der Waals surface area contributed by atoms with Crippen LogP contribution in [-0.4, -0.2) is 18.3 Å². The van der Waals surface area contributed by atoms with Crippen LogP contribution < -0.4 is 0 Å². The second kappa shape index (κ2) is 5.15. The fourth-order valence-electron chi connectivity index (χ4n) is 3.79. The van der Waals surface area contributed by atoms with Crippen molar-refractivity contribution in [3.8, 4) is 0 Å². The van der Waals surface area contributed by atoms with Crippen molar-refractivity contribution in [1.29, 1.82) is 0 Å². The summed E-state index contributed by atoms with van der Waals surface area (Å²) in [5.74, 6) is 1.73. The second-order valence-electron chi connectivity index (χ2n) is 5.95. The first kappa shape index (κ1) is 13.5. The minimum Gasteiger partial charge on any atom is -0.360 e. The van der Waals surface area contributed by atoms with Gasteiger partial charge in [0.15, 0.2) is 0 Å². The Kier molecular flexibility index (Phi) is 3.48. The molecule has 4 nitrogen and oxygen atoms in total. The third-order valence-electron chi connectivity index (χ3n) is 4.80. The summed E-state index contributed by atoms with van der Waals surface area (Å²) in [6, 6.07) is 8.21.